The van der Waals surface area contributed by atoms with Crippen molar-refractivity contribution < 1.29 is 19.3 Å². The second kappa shape index (κ2) is 6.74. The number of amides is 4. The molecule has 0 aromatic heterocycles. The maximum Gasteiger partial charge on any atom is 0.325 e. The number of nitrogens with zero attached hydrogens (tertiary/aromatic N) is 3. The summed E-state index contributed by atoms with van der Waals surface area (Å²) >= 11 is 0. The lowest BCUT2D eigenvalue weighted by Gasteiger charge is -2.28. The molecule has 0 spiro atoms. The molecule has 1 aromatic carbocycles. The summed E-state index contributed by atoms with van der Waals surface area (Å²) in [4.78, 5) is 50.5. The third kappa shape index (κ3) is 3.12. The van der Waals surface area contributed by atoms with Gasteiger partial charge in [-0.1, -0.05) is 12.1 Å². The van der Waals surface area contributed by atoms with Crippen LogP contribution in [0.25, 0.3) is 0 Å². The largest absolute Gasteiger partial charge is 0.341 e. The summed E-state index contributed by atoms with van der Waals surface area (Å²) in [6, 6.07) is 4.90. The van der Waals surface area contributed by atoms with Crippen LogP contribution in [0.15, 0.2) is 24.3 Å². The minimum absolute atomic E-state index is 0.173. The van der Waals surface area contributed by atoms with Crippen LogP contribution < -0.4 is 5.32 Å². The van der Waals surface area contributed by atoms with Gasteiger partial charge >= 0.3 is 6.03 Å². The Labute approximate surface area is 150 Å². The highest BCUT2D eigenvalue weighted by atomic mass is 16.6. The number of likely N-dealkylation sites (tertiary alicyclic amines) is 1. The first kappa shape index (κ1) is 17.8. The van der Waals surface area contributed by atoms with E-state index in [-0.39, 0.29) is 18.1 Å². The summed E-state index contributed by atoms with van der Waals surface area (Å²) in [7, 11) is 0. The SMILES string of the molecule is CC1(c2cccc([N+](=O)[O-])c2)NC(=O)N(CC(=O)N2CCCCC2)C1=O. The lowest BCUT2D eigenvalue weighted by atomic mass is 9.91. The van der Waals surface area contributed by atoms with Gasteiger partial charge < -0.3 is 10.2 Å². The number of rotatable bonds is 4. The van der Waals surface area contributed by atoms with Gasteiger partial charge in [-0.25, -0.2) is 4.79 Å². The Morgan fingerprint density at radius 1 is 1.27 bits per heavy atom. The van der Waals surface area contributed by atoms with Gasteiger partial charge in [0.15, 0.2) is 0 Å². The molecule has 2 aliphatic rings. The average Bonchev–Trinajstić information content (AvgIpc) is 2.86. The van der Waals surface area contributed by atoms with Gasteiger partial charge in [0.2, 0.25) is 5.91 Å². The van der Waals surface area contributed by atoms with Crippen LogP contribution in [0, 0.1) is 10.1 Å². The molecule has 0 aliphatic carbocycles. The van der Waals surface area contributed by atoms with Gasteiger partial charge in [-0.2, -0.15) is 0 Å². The Bertz CT molecular complexity index is 774. The van der Waals surface area contributed by atoms with Crippen molar-refractivity contribution in [1.29, 1.82) is 0 Å². The Morgan fingerprint density at radius 2 is 1.96 bits per heavy atom. The Hall–Kier alpha value is -2.97. The van der Waals surface area contributed by atoms with E-state index in [0.29, 0.717) is 18.7 Å². The fourth-order valence-electron chi connectivity index (χ4n) is 3.35. The highest BCUT2D eigenvalue weighted by Gasteiger charge is 2.50. The molecule has 2 aliphatic heterocycles. The van der Waals surface area contributed by atoms with E-state index in [4.69, 9.17) is 0 Å². The quantitative estimate of drug-likeness (QED) is 0.495. The van der Waals surface area contributed by atoms with Crippen molar-refractivity contribution in [2.45, 2.75) is 31.7 Å². The van der Waals surface area contributed by atoms with Crippen molar-refractivity contribution in [3.05, 3.63) is 39.9 Å². The fourth-order valence-corrected chi connectivity index (χ4v) is 3.35. The van der Waals surface area contributed by atoms with Crippen molar-refractivity contribution >= 4 is 23.5 Å². The molecule has 3 rings (SSSR count). The minimum Gasteiger partial charge on any atom is -0.341 e. The molecule has 1 aromatic rings. The van der Waals surface area contributed by atoms with Crippen LogP contribution in [0.3, 0.4) is 0 Å². The third-order valence-electron chi connectivity index (χ3n) is 4.91. The van der Waals surface area contributed by atoms with E-state index in [2.05, 4.69) is 5.32 Å². The van der Waals surface area contributed by atoms with Gasteiger partial charge in [-0.15, -0.1) is 0 Å². The Morgan fingerprint density at radius 3 is 2.62 bits per heavy atom. The number of benzene rings is 1. The zero-order valence-corrected chi connectivity index (χ0v) is 14.4. The highest BCUT2D eigenvalue weighted by Crippen LogP contribution is 2.30. The number of imide groups is 1. The summed E-state index contributed by atoms with van der Waals surface area (Å²) < 4.78 is 0. The fraction of sp³-hybridized carbons (Fsp3) is 0.471. The van der Waals surface area contributed by atoms with E-state index in [1.54, 1.807) is 11.0 Å². The molecular formula is C17H20N4O5. The van der Waals surface area contributed by atoms with Gasteiger partial charge in [-0.3, -0.25) is 24.6 Å². The van der Waals surface area contributed by atoms with E-state index >= 15 is 0 Å². The van der Waals surface area contributed by atoms with Crippen molar-refractivity contribution in [3.63, 3.8) is 0 Å². The third-order valence-corrected chi connectivity index (χ3v) is 4.91. The summed E-state index contributed by atoms with van der Waals surface area (Å²) in [5, 5.41) is 13.5. The van der Waals surface area contributed by atoms with Crippen molar-refractivity contribution in [3.8, 4) is 0 Å². The zero-order valence-electron chi connectivity index (χ0n) is 14.4. The summed E-state index contributed by atoms with van der Waals surface area (Å²) in [6.07, 6.45) is 2.90. The number of carbonyl (C=O) groups is 3. The smallest absolute Gasteiger partial charge is 0.325 e. The lowest BCUT2D eigenvalue weighted by molar-refractivity contribution is -0.385. The standard InChI is InChI=1S/C17H20N4O5/c1-17(12-6-5-7-13(10-12)21(25)26)15(23)20(16(24)18-17)11-14(22)19-8-3-2-4-9-19/h5-7,10H,2-4,8-9,11H2,1H3,(H,18,24). The summed E-state index contributed by atoms with van der Waals surface area (Å²) in [5.41, 5.74) is -1.31. The van der Waals surface area contributed by atoms with Crippen LogP contribution >= 0.6 is 0 Å². The Kier molecular flexibility index (Phi) is 4.62. The molecule has 0 saturated carbocycles. The topological polar surface area (TPSA) is 113 Å². The molecule has 9 nitrogen and oxygen atoms in total. The predicted molar refractivity (Wildman–Crippen MR) is 91.1 cm³/mol. The molecule has 0 radical (unpaired) electrons. The molecule has 0 bridgehead atoms. The van der Waals surface area contributed by atoms with Gasteiger partial charge in [0.25, 0.3) is 11.6 Å². The monoisotopic (exact) mass is 360 g/mol. The van der Waals surface area contributed by atoms with Crippen molar-refractivity contribution in [2.24, 2.45) is 0 Å². The second-order valence-corrected chi connectivity index (χ2v) is 6.70. The van der Waals surface area contributed by atoms with Crippen LogP contribution in [0.5, 0.6) is 0 Å². The van der Waals surface area contributed by atoms with Crippen molar-refractivity contribution in [1.82, 2.24) is 15.1 Å². The first-order valence-electron chi connectivity index (χ1n) is 8.50. The first-order valence-corrected chi connectivity index (χ1v) is 8.50. The van der Waals surface area contributed by atoms with Gasteiger partial charge in [0.05, 0.1) is 4.92 Å². The molecule has 138 valence electrons. The summed E-state index contributed by atoms with van der Waals surface area (Å²) in [6.45, 7) is 2.42. The number of nitro groups is 1. The number of nitrogens with one attached hydrogen (secondary N) is 1. The minimum atomic E-state index is -1.44. The summed E-state index contributed by atoms with van der Waals surface area (Å²) in [5.74, 6) is -0.857. The zero-order chi connectivity index (χ0) is 18.9. The number of nitro benzene ring substituents is 1. The van der Waals surface area contributed by atoms with Crippen LogP contribution in [0.2, 0.25) is 0 Å². The second-order valence-electron chi connectivity index (χ2n) is 6.70. The normalized spacial score (nSPS) is 23.1. The van der Waals surface area contributed by atoms with Crippen LogP contribution in [0.1, 0.15) is 31.7 Å². The van der Waals surface area contributed by atoms with E-state index < -0.39 is 22.4 Å². The first-order chi connectivity index (χ1) is 12.3. The molecule has 26 heavy (non-hydrogen) atoms. The van der Waals surface area contributed by atoms with E-state index in [1.165, 1.54) is 25.1 Å². The molecule has 9 heteroatoms. The number of hydrogen-bond donors (Lipinski definition) is 1. The molecular weight excluding hydrogens is 340 g/mol. The number of hydrogen-bond acceptors (Lipinski definition) is 5. The van der Waals surface area contributed by atoms with Crippen LogP contribution in [0.4, 0.5) is 10.5 Å². The van der Waals surface area contributed by atoms with E-state index in [9.17, 15) is 24.5 Å². The number of piperidine rings is 1. The highest BCUT2D eigenvalue weighted by molar-refractivity contribution is 6.09. The number of carbonyl (C=O) groups excluding carboxylic acids is 3. The number of non-ortho nitro benzene ring substituents is 1. The van der Waals surface area contributed by atoms with Crippen molar-refractivity contribution in [2.75, 3.05) is 19.6 Å². The number of urea groups is 1. The maximum absolute atomic E-state index is 12.8. The Balaban J connectivity index is 1.80. The molecule has 2 saturated heterocycles. The lowest BCUT2D eigenvalue weighted by Crippen LogP contribution is -2.45. The van der Waals surface area contributed by atoms with E-state index in [1.807, 2.05) is 0 Å². The maximum atomic E-state index is 12.8. The molecule has 2 heterocycles. The molecule has 2 fully saturated rings. The molecule has 1 atom stereocenters. The van der Waals surface area contributed by atoms with Crippen LogP contribution in [-0.4, -0.2) is 52.2 Å². The molecule has 1 N–H and O–H groups in total. The molecule has 4 amide bonds. The molecule has 1 unspecified atom stereocenters. The van der Waals surface area contributed by atoms with E-state index in [0.717, 1.165) is 24.2 Å². The van der Waals surface area contributed by atoms with Gasteiger partial charge in [0, 0.05) is 25.2 Å². The van der Waals surface area contributed by atoms with Crippen LogP contribution in [-0.2, 0) is 15.1 Å². The average molecular weight is 360 g/mol. The van der Waals surface area contributed by atoms with Gasteiger partial charge in [-0.05, 0) is 31.7 Å². The predicted octanol–water partition coefficient (Wildman–Crippen LogP) is 1.37. The van der Waals surface area contributed by atoms with Gasteiger partial charge in [0.1, 0.15) is 12.1 Å².